The fourth-order valence-corrected chi connectivity index (χ4v) is 3.92. The lowest BCUT2D eigenvalue weighted by molar-refractivity contribution is -0.384. The molecular weight excluding hydrogens is 468 g/mol. The van der Waals surface area contributed by atoms with Gasteiger partial charge in [-0.25, -0.2) is 5.43 Å². The summed E-state index contributed by atoms with van der Waals surface area (Å²) in [5, 5.41) is 15.4. The third-order valence-corrected chi connectivity index (χ3v) is 5.88. The van der Waals surface area contributed by atoms with Crippen LogP contribution in [0.1, 0.15) is 11.3 Å². The molecule has 188 valence electrons. The number of ether oxygens (including phenoxy) is 2. The summed E-state index contributed by atoms with van der Waals surface area (Å²) in [6.07, 6.45) is 1.50. The predicted molar refractivity (Wildman–Crippen MR) is 133 cm³/mol. The zero-order chi connectivity index (χ0) is 24.9. The van der Waals surface area contributed by atoms with Gasteiger partial charge in [0.15, 0.2) is 0 Å². The molecule has 0 bridgehead atoms. The van der Waals surface area contributed by atoms with Crippen LogP contribution in [0, 0.1) is 17.0 Å². The third-order valence-electron chi connectivity index (χ3n) is 5.88. The van der Waals surface area contributed by atoms with Gasteiger partial charge in [-0.3, -0.25) is 10.1 Å². The van der Waals surface area contributed by atoms with Crippen LogP contribution in [0.2, 0.25) is 0 Å². The Bertz CT molecular complexity index is 1210. The Morgan fingerprint density at radius 3 is 2.22 bits per heavy atom. The molecule has 13 nitrogen and oxygen atoms in total. The highest BCUT2D eigenvalue weighted by molar-refractivity contribution is 5.78. The van der Waals surface area contributed by atoms with Crippen LogP contribution in [-0.4, -0.2) is 78.7 Å². The number of hydrazone groups is 1. The van der Waals surface area contributed by atoms with Crippen molar-refractivity contribution in [3.05, 3.63) is 51.8 Å². The Morgan fingerprint density at radius 2 is 1.61 bits per heavy atom. The number of furan rings is 1. The third kappa shape index (κ3) is 5.42. The number of nitrogens with zero attached hydrogens (tertiary/aromatic N) is 7. The Hall–Kier alpha value is -4.10. The molecule has 4 heterocycles. The van der Waals surface area contributed by atoms with Crippen molar-refractivity contribution in [2.24, 2.45) is 5.10 Å². The molecule has 5 rings (SSSR count). The van der Waals surface area contributed by atoms with E-state index in [9.17, 15) is 10.1 Å². The molecule has 1 aromatic carbocycles. The number of nitrogens with one attached hydrogen (secondary N) is 1. The van der Waals surface area contributed by atoms with E-state index in [1.165, 1.54) is 18.3 Å². The van der Waals surface area contributed by atoms with Crippen LogP contribution >= 0.6 is 0 Å². The van der Waals surface area contributed by atoms with Crippen LogP contribution in [0.4, 0.5) is 23.5 Å². The van der Waals surface area contributed by atoms with Gasteiger partial charge in [-0.1, -0.05) is 6.07 Å². The first kappa shape index (κ1) is 23.6. The average molecular weight is 495 g/mol. The van der Waals surface area contributed by atoms with E-state index in [1.807, 2.05) is 6.92 Å². The van der Waals surface area contributed by atoms with E-state index >= 15 is 0 Å². The second kappa shape index (κ2) is 10.7. The summed E-state index contributed by atoms with van der Waals surface area (Å²) in [7, 11) is 0. The van der Waals surface area contributed by atoms with Crippen LogP contribution in [0.3, 0.4) is 0 Å². The molecular formula is C23H26N8O5. The Labute approximate surface area is 206 Å². The van der Waals surface area contributed by atoms with Crippen molar-refractivity contribution in [1.29, 1.82) is 0 Å². The van der Waals surface area contributed by atoms with Crippen molar-refractivity contribution in [2.75, 3.05) is 67.8 Å². The summed E-state index contributed by atoms with van der Waals surface area (Å²) in [5.74, 6) is 2.43. The number of nitro groups is 1. The molecule has 1 N–H and O–H groups in total. The summed E-state index contributed by atoms with van der Waals surface area (Å²) >= 11 is 0. The van der Waals surface area contributed by atoms with Gasteiger partial charge in [0, 0.05) is 43.9 Å². The van der Waals surface area contributed by atoms with E-state index < -0.39 is 4.92 Å². The number of non-ortho nitro benzene ring substituents is 1. The van der Waals surface area contributed by atoms with Crippen LogP contribution in [0.15, 0.2) is 39.9 Å². The SMILES string of the molecule is Cc1ccc([N+](=O)[O-])cc1-c1ccc(/C=N\Nc2nc(N3CCOCC3)nc(N3CCOCC3)n2)o1. The van der Waals surface area contributed by atoms with Crippen LogP contribution in [-0.2, 0) is 9.47 Å². The Kier molecular flexibility index (Phi) is 7.00. The maximum Gasteiger partial charge on any atom is 0.270 e. The molecule has 2 saturated heterocycles. The van der Waals surface area contributed by atoms with Crippen molar-refractivity contribution in [2.45, 2.75) is 6.92 Å². The van der Waals surface area contributed by atoms with E-state index in [4.69, 9.17) is 13.9 Å². The lowest BCUT2D eigenvalue weighted by Crippen LogP contribution is -2.40. The van der Waals surface area contributed by atoms with Gasteiger partial charge in [-0.2, -0.15) is 20.1 Å². The van der Waals surface area contributed by atoms with Crippen LogP contribution < -0.4 is 15.2 Å². The van der Waals surface area contributed by atoms with E-state index in [-0.39, 0.29) is 5.69 Å². The number of aromatic nitrogens is 3. The molecule has 0 spiro atoms. The molecule has 0 atom stereocenters. The number of hydrogen-bond acceptors (Lipinski definition) is 12. The van der Waals surface area contributed by atoms with Gasteiger partial charge in [-0.15, -0.1) is 0 Å². The number of benzene rings is 1. The number of hydrogen-bond donors (Lipinski definition) is 1. The molecule has 0 unspecified atom stereocenters. The van der Waals surface area contributed by atoms with Gasteiger partial charge in [-0.05, 0) is 24.6 Å². The summed E-state index contributed by atoms with van der Waals surface area (Å²) in [6, 6.07) is 8.16. The smallest absolute Gasteiger partial charge is 0.270 e. The van der Waals surface area contributed by atoms with Gasteiger partial charge < -0.3 is 23.7 Å². The fourth-order valence-electron chi connectivity index (χ4n) is 3.92. The van der Waals surface area contributed by atoms with Crippen molar-refractivity contribution >= 4 is 29.7 Å². The molecule has 36 heavy (non-hydrogen) atoms. The lowest BCUT2D eigenvalue weighted by Gasteiger charge is -2.30. The monoisotopic (exact) mass is 494 g/mol. The summed E-state index contributed by atoms with van der Waals surface area (Å²) in [5.41, 5.74) is 4.41. The highest BCUT2D eigenvalue weighted by Crippen LogP contribution is 2.29. The molecule has 0 saturated carbocycles. The predicted octanol–water partition coefficient (Wildman–Crippen LogP) is 2.47. The molecule has 0 aliphatic carbocycles. The van der Waals surface area contributed by atoms with Crippen LogP contribution in [0.5, 0.6) is 0 Å². The standard InChI is InChI=1S/C23H26N8O5/c1-16-2-3-17(31(32)33)14-19(16)20-5-4-18(36-20)15-24-28-21-25-22(29-6-10-34-11-7-29)27-23(26-21)30-8-12-35-13-9-30/h2-5,14-15H,6-13H2,1H3,(H,25,26,27,28)/b24-15-. The quantitative estimate of drug-likeness (QED) is 0.294. The Morgan fingerprint density at radius 1 is 0.972 bits per heavy atom. The molecule has 13 heteroatoms. The second-order valence-electron chi connectivity index (χ2n) is 8.29. The molecule has 2 aromatic heterocycles. The van der Waals surface area contributed by atoms with Gasteiger partial charge in [0.05, 0.1) is 37.6 Å². The molecule has 3 aromatic rings. The molecule has 0 radical (unpaired) electrons. The molecule has 2 aliphatic heterocycles. The highest BCUT2D eigenvalue weighted by atomic mass is 16.6. The van der Waals surface area contributed by atoms with Crippen LogP contribution in [0.25, 0.3) is 11.3 Å². The highest BCUT2D eigenvalue weighted by Gasteiger charge is 2.20. The first-order valence-electron chi connectivity index (χ1n) is 11.6. The number of aryl methyl sites for hydroxylation is 1. The topological polar surface area (TPSA) is 144 Å². The molecule has 2 fully saturated rings. The van der Waals surface area contributed by atoms with Gasteiger partial charge in [0.2, 0.25) is 17.8 Å². The van der Waals surface area contributed by atoms with Gasteiger partial charge in [0.25, 0.3) is 5.69 Å². The van der Waals surface area contributed by atoms with Crippen molar-refractivity contribution in [1.82, 2.24) is 15.0 Å². The van der Waals surface area contributed by atoms with E-state index in [2.05, 4.69) is 35.3 Å². The van der Waals surface area contributed by atoms with E-state index in [1.54, 1.807) is 18.2 Å². The maximum atomic E-state index is 11.1. The zero-order valence-electron chi connectivity index (χ0n) is 19.8. The number of anilines is 3. The average Bonchev–Trinajstić information content (AvgIpc) is 3.38. The normalized spacial score (nSPS) is 16.5. The summed E-state index contributed by atoms with van der Waals surface area (Å²) in [4.78, 5) is 28.6. The van der Waals surface area contributed by atoms with Crippen molar-refractivity contribution < 1.29 is 18.8 Å². The largest absolute Gasteiger partial charge is 0.455 e. The summed E-state index contributed by atoms with van der Waals surface area (Å²) < 4.78 is 16.7. The summed E-state index contributed by atoms with van der Waals surface area (Å²) in [6.45, 7) is 7.12. The van der Waals surface area contributed by atoms with Gasteiger partial charge >= 0.3 is 0 Å². The maximum absolute atomic E-state index is 11.1. The minimum absolute atomic E-state index is 0.00543. The first-order valence-corrected chi connectivity index (χ1v) is 11.6. The minimum Gasteiger partial charge on any atom is -0.455 e. The fraction of sp³-hybridized carbons (Fsp3) is 0.391. The second-order valence-corrected chi connectivity index (χ2v) is 8.29. The Balaban J connectivity index is 1.34. The molecule has 2 aliphatic rings. The van der Waals surface area contributed by atoms with E-state index in [0.717, 1.165) is 5.56 Å². The van der Waals surface area contributed by atoms with E-state index in [0.29, 0.717) is 87.5 Å². The minimum atomic E-state index is -0.427. The lowest BCUT2D eigenvalue weighted by atomic mass is 10.1. The number of morpholine rings is 2. The zero-order valence-corrected chi connectivity index (χ0v) is 19.8. The van der Waals surface area contributed by atoms with Gasteiger partial charge in [0.1, 0.15) is 11.5 Å². The molecule has 0 amide bonds. The first-order chi connectivity index (χ1) is 17.6. The number of rotatable bonds is 7. The van der Waals surface area contributed by atoms with Crippen molar-refractivity contribution in [3.8, 4) is 11.3 Å². The van der Waals surface area contributed by atoms with Crippen molar-refractivity contribution in [3.63, 3.8) is 0 Å². The number of nitro benzene ring substituents is 1.